The normalized spacial score (nSPS) is 15.5. The van der Waals surface area contributed by atoms with Gasteiger partial charge in [0.25, 0.3) is 0 Å². The molecule has 0 saturated carbocycles. The fraction of sp³-hybridized carbons (Fsp3) is 0.667. The van der Waals surface area contributed by atoms with E-state index in [2.05, 4.69) is 26.1 Å². The van der Waals surface area contributed by atoms with Crippen molar-refractivity contribution in [3.8, 4) is 0 Å². The molecule has 1 aliphatic heterocycles. The van der Waals surface area contributed by atoms with Crippen molar-refractivity contribution in [1.29, 1.82) is 0 Å². The number of ether oxygens (including phenoxy) is 1. The van der Waals surface area contributed by atoms with E-state index in [4.69, 9.17) is 4.74 Å². The molecule has 116 valence electrons. The minimum Gasteiger partial charge on any atom is -0.450 e. The molecule has 2 amide bonds. The second-order valence-electron chi connectivity index (χ2n) is 4.70. The molecule has 0 aliphatic carbocycles. The Morgan fingerprint density at radius 1 is 1.48 bits per heavy atom. The van der Waals surface area contributed by atoms with Gasteiger partial charge in [0, 0.05) is 6.04 Å². The Morgan fingerprint density at radius 2 is 2.24 bits per heavy atom. The highest BCUT2D eigenvalue weighted by molar-refractivity contribution is 5.83. The van der Waals surface area contributed by atoms with Crippen molar-refractivity contribution in [3.05, 3.63) is 6.20 Å². The highest BCUT2D eigenvalue weighted by Gasteiger charge is 2.16. The minimum absolute atomic E-state index is 0.0223. The lowest BCUT2D eigenvalue weighted by Gasteiger charge is -2.23. The lowest BCUT2D eigenvalue weighted by atomic mass is 10.1. The molecule has 1 aromatic heterocycles. The van der Waals surface area contributed by atoms with Crippen LogP contribution >= 0.6 is 0 Å². The van der Waals surface area contributed by atoms with Crippen molar-refractivity contribution in [1.82, 2.24) is 25.6 Å². The molecule has 0 atom stereocenters. The van der Waals surface area contributed by atoms with Gasteiger partial charge in [-0.15, -0.1) is 5.10 Å². The van der Waals surface area contributed by atoms with Crippen LogP contribution < -0.4 is 16.0 Å². The van der Waals surface area contributed by atoms with Crippen LogP contribution in [0.3, 0.4) is 0 Å². The van der Waals surface area contributed by atoms with Crippen LogP contribution in [-0.2, 0) is 16.1 Å². The smallest absolute Gasteiger partial charge is 0.412 e. The summed E-state index contributed by atoms with van der Waals surface area (Å²) in [6.45, 7) is 3.84. The average Bonchev–Trinajstić information content (AvgIpc) is 2.87. The fourth-order valence-electron chi connectivity index (χ4n) is 2.07. The van der Waals surface area contributed by atoms with E-state index in [9.17, 15) is 9.59 Å². The Labute approximate surface area is 122 Å². The molecule has 9 nitrogen and oxygen atoms in total. The largest absolute Gasteiger partial charge is 0.450 e. The van der Waals surface area contributed by atoms with E-state index in [1.807, 2.05) is 0 Å². The van der Waals surface area contributed by atoms with Crippen molar-refractivity contribution >= 4 is 17.8 Å². The van der Waals surface area contributed by atoms with Gasteiger partial charge in [-0.3, -0.25) is 10.1 Å². The number of amides is 2. The number of hydrogen-bond donors (Lipinski definition) is 3. The van der Waals surface area contributed by atoms with Crippen LogP contribution in [0.25, 0.3) is 0 Å². The van der Waals surface area contributed by atoms with Crippen molar-refractivity contribution in [2.45, 2.75) is 32.4 Å². The first-order valence-electron chi connectivity index (χ1n) is 7.01. The number of anilines is 1. The van der Waals surface area contributed by atoms with Crippen LogP contribution in [0.4, 0.5) is 10.6 Å². The zero-order valence-electron chi connectivity index (χ0n) is 12.0. The van der Waals surface area contributed by atoms with Crippen LogP contribution in [0, 0.1) is 0 Å². The maximum atomic E-state index is 11.9. The molecule has 1 aromatic rings. The van der Waals surface area contributed by atoms with Gasteiger partial charge in [-0.25, -0.2) is 4.79 Å². The van der Waals surface area contributed by atoms with E-state index in [0.717, 1.165) is 25.9 Å². The number of nitrogens with zero attached hydrogens (tertiary/aromatic N) is 3. The number of hydrogen-bond acceptors (Lipinski definition) is 6. The molecular formula is C12H20N6O3. The molecule has 0 bridgehead atoms. The van der Waals surface area contributed by atoms with Crippen molar-refractivity contribution in [2.75, 3.05) is 25.0 Å². The lowest BCUT2D eigenvalue weighted by molar-refractivity contribution is -0.122. The molecular weight excluding hydrogens is 276 g/mol. The third-order valence-corrected chi connectivity index (χ3v) is 3.03. The van der Waals surface area contributed by atoms with Gasteiger partial charge in [-0.2, -0.15) is 9.90 Å². The Balaban J connectivity index is 1.78. The summed E-state index contributed by atoms with van der Waals surface area (Å²) in [4.78, 5) is 24.3. The topological polar surface area (TPSA) is 110 Å². The Morgan fingerprint density at radius 3 is 2.95 bits per heavy atom. The molecule has 3 N–H and O–H groups in total. The van der Waals surface area contributed by atoms with Gasteiger partial charge in [-0.1, -0.05) is 0 Å². The van der Waals surface area contributed by atoms with E-state index in [1.54, 1.807) is 6.92 Å². The van der Waals surface area contributed by atoms with E-state index in [1.165, 1.54) is 11.0 Å². The molecule has 2 heterocycles. The summed E-state index contributed by atoms with van der Waals surface area (Å²) in [5.41, 5.74) is 0. The maximum absolute atomic E-state index is 11.9. The SMILES string of the molecule is CCOC(=O)Nc1cnn(CC(=O)NC2CCNCC2)n1. The van der Waals surface area contributed by atoms with Gasteiger partial charge in [0.05, 0.1) is 12.8 Å². The van der Waals surface area contributed by atoms with Crippen molar-refractivity contribution in [3.63, 3.8) is 0 Å². The second kappa shape index (κ2) is 7.58. The quantitative estimate of drug-likeness (QED) is 0.689. The molecule has 1 fully saturated rings. The molecule has 1 saturated heterocycles. The standard InChI is InChI=1S/C12H20N6O3/c1-2-21-12(20)16-10-7-14-18(17-10)8-11(19)15-9-3-5-13-6-4-9/h7,9,13H,2-6,8H2,1H3,(H,15,19)(H,16,17,20). The molecule has 1 aliphatic rings. The number of carbonyl (C=O) groups is 2. The van der Waals surface area contributed by atoms with Gasteiger partial charge in [0.2, 0.25) is 5.91 Å². The van der Waals surface area contributed by atoms with Crippen LogP contribution in [0.5, 0.6) is 0 Å². The second-order valence-corrected chi connectivity index (χ2v) is 4.70. The van der Waals surface area contributed by atoms with E-state index in [0.29, 0.717) is 0 Å². The van der Waals surface area contributed by atoms with Crippen LogP contribution in [0.1, 0.15) is 19.8 Å². The first-order chi connectivity index (χ1) is 10.2. The highest BCUT2D eigenvalue weighted by Crippen LogP contribution is 2.03. The van der Waals surface area contributed by atoms with Gasteiger partial charge in [0.15, 0.2) is 5.82 Å². The molecule has 0 unspecified atom stereocenters. The molecule has 9 heteroatoms. The number of nitrogens with one attached hydrogen (secondary N) is 3. The van der Waals surface area contributed by atoms with Crippen LogP contribution in [-0.4, -0.2) is 52.7 Å². The summed E-state index contributed by atoms with van der Waals surface area (Å²) in [6, 6.07) is 0.200. The maximum Gasteiger partial charge on any atom is 0.412 e. The summed E-state index contributed by atoms with van der Waals surface area (Å²) in [5.74, 6) is 0.114. The number of carbonyl (C=O) groups excluding carboxylic acids is 2. The number of piperidine rings is 1. The fourth-order valence-corrected chi connectivity index (χ4v) is 2.07. The Kier molecular flexibility index (Phi) is 5.50. The zero-order chi connectivity index (χ0) is 15.1. The first kappa shape index (κ1) is 15.2. The van der Waals surface area contributed by atoms with E-state index >= 15 is 0 Å². The van der Waals surface area contributed by atoms with Crippen LogP contribution in [0.2, 0.25) is 0 Å². The molecule has 0 radical (unpaired) electrons. The summed E-state index contributed by atoms with van der Waals surface area (Å²) in [5, 5.41) is 16.5. The highest BCUT2D eigenvalue weighted by atomic mass is 16.5. The molecule has 0 spiro atoms. The molecule has 0 aromatic carbocycles. The zero-order valence-corrected chi connectivity index (χ0v) is 12.0. The third-order valence-electron chi connectivity index (χ3n) is 3.03. The van der Waals surface area contributed by atoms with Gasteiger partial charge in [-0.05, 0) is 32.9 Å². The van der Waals surface area contributed by atoms with Gasteiger partial charge in [0.1, 0.15) is 6.54 Å². The number of aromatic nitrogens is 3. The predicted molar refractivity (Wildman–Crippen MR) is 74.7 cm³/mol. The molecule has 2 rings (SSSR count). The minimum atomic E-state index is -0.594. The average molecular weight is 296 g/mol. The molecule has 21 heavy (non-hydrogen) atoms. The van der Waals surface area contributed by atoms with Gasteiger partial charge < -0.3 is 15.4 Å². The number of rotatable bonds is 5. The summed E-state index contributed by atoms with van der Waals surface area (Å²) < 4.78 is 4.72. The predicted octanol–water partition coefficient (Wildman–Crippen LogP) is -0.285. The summed E-state index contributed by atoms with van der Waals surface area (Å²) in [7, 11) is 0. The Hall–Kier alpha value is -2.16. The monoisotopic (exact) mass is 296 g/mol. The van der Waals surface area contributed by atoms with E-state index < -0.39 is 6.09 Å². The lowest BCUT2D eigenvalue weighted by Crippen LogP contribution is -2.44. The summed E-state index contributed by atoms with van der Waals surface area (Å²) in [6.07, 6.45) is 2.63. The van der Waals surface area contributed by atoms with Gasteiger partial charge >= 0.3 is 6.09 Å². The van der Waals surface area contributed by atoms with Crippen LogP contribution in [0.15, 0.2) is 6.20 Å². The third kappa shape index (κ3) is 5.03. The van der Waals surface area contributed by atoms with Crippen molar-refractivity contribution in [2.24, 2.45) is 0 Å². The summed E-state index contributed by atoms with van der Waals surface area (Å²) >= 11 is 0. The Bertz CT molecular complexity index is 483. The van der Waals surface area contributed by atoms with Crippen molar-refractivity contribution < 1.29 is 14.3 Å². The van der Waals surface area contributed by atoms with E-state index in [-0.39, 0.29) is 30.9 Å². The first-order valence-corrected chi connectivity index (χ1v) is 7.01.